The predicted octanol–water partition coefficient (Wildman–Crippen LogP) is 3.09. The Labute approximate surface area is 142 Å². The van der Waals surface area contributed by atoms with E-state index in [4.69, 9.17) is 4.74 Å². The first-order valence-electron chi connectivity index (χ1n) is 8.35. The summed E-state index contributed by atoms with van der Waals surface area (Å²) < 4.78 is 6.07. The third-order valence-corrected chi connectivity index (χ3v) is 4.51. The van der Waals surface area contributed by atoms with Crippen molar-refractivity contribution in [2.24, 2.45) is 0 Å². The minimum absolute atomic E-state index is 0.0490. The van der Waals surface area contributed by atoms with Gasteiger partial charge in [-0.05, 0) is 44.0 Å². The summed E-state index contributed by atoms with van der Waals surface area (Å²) in [6.07, 6.45) is 4.99. The number of ether oxygens (including phenoxy) is 1. The topological polar surface area (TPSA) is 55.3 Å². The van der Waals surface area contributed by atoms with Gasteiger partial charge in [0.2, 0.25) is 0 Å². The van der Waals surface area contributed by atoms with E-state index in [-0.39, 0.29) is 12.0 Å². The fourth-order valence-corrected chi connectivity index (χ4v) is 2.82. The summed E-state index contributed by atoms with van der Waals surface area (Å²) in [5.74, 6) is 0.861. The van der Waals surface area contributed by atoms with Gasteiger partial charge in [-0.25, -0.2) is 4.98 Å². The molecule has 0 N–H and O–H groups in total. The van der Waals surface area contributed by atoms with Gasteiger partial charge in [-0.2, -0.15) is 0 Å². The number of aromatic nitrogens is 2. The molecule has 0 saturated carbocycles. The summed E-state index contributed by atoms with van der Waals surface area (Å²) in [6, 6.07) is 6.18. The normalized spacial score (nSPS) is 15.4. The number of carbonyl (C=O) groups excluding carboxylic acids is 1. The second-order valence-electron chi connectivity index (χ2n) is 6.40. The molecule has 0 atom stereocenters. The van der Waals surface area contributed by atoms with Crippen molar-refractivity contribution in [2.75, 3.05) is 13.1 Å². The molecule has 0 aliphatic carbocycles. The Morgan fingerprint density at radius 2 is 1.83 bits per heavy atom. The fraction of sp³-hybridized carbons (Fsp3) is 0.421. The van der Waals surface area contributed by atoms with Crippen molar-refractivity contribution < 1.29 is 9.53 Å². The van der Waals surface area contributed by atoms with Gasteiger partial charge in [0.25, 0.3) is 5.91 Å². The molecule has 1 fully saturated rings. The second-order valence-corrected chi connectivity index (χ2v) is 6.40. The van der Waals surface area contributed by atoms with Crippen LogP contribution in [-0.4, -0.2) is 40.0 Å². The third-order valence-electron chi connectivity index (χ3n) is 4.51. The minimum atomic E-state index is -0.0490. The van der Waals surface area contributed by atoms with E-state index in [1.807, 2.05) is 17.9 Å². The van der Waals surface area contributed by atoms with Crippen LogP contribution in [0.3, 0.4) is 0 Å². The Kier molecular flexibility index (Phi) is 4.79. The van der Waals surface area contributed by atoms with E-state index in [9.17, 15) is 4.79 Å². The lowest BCUT2D eigenvalue weighted by Gasteiger charge is -2.32. The smallest absolute Gasteiger partial charge is 0.274 e. The van der Waals surface area contributed by atoms with E-state index >= 15 is 0 Å². The third kappa shape index (κ3) is 3.72. The van der Waals surface area contributed by atoms with Crippen LogP contribution in [0.25, 0.3) is 0 Å². The van der Waals surface area contributed by atoms with Crippen molar-refractivity contribution in [1.29, 1.82) is 0 Å². The Morgan fingerprint density at radius 3 is 2.46 bits per heavy atom. The van der Waals surface area contributed by atoms with Crippen LogP contribution in [0.15, 0.2) is 30.6 Å². The number of aryl methyl sites for hydroxylation is 3. The van der Waals surface area contributed by atoms with Crippen LogP contribution in [0.4, 0.5) is 0 Å². The SMILES string of the molecule is Cc1cnc(C(=O)N2CCC(Oc3ccc(C)c(C)c3)CC2)cn1. The molecule has 5 nitrogen and oxygen atoms in total. The monoisotopic (exact) mass is 325 g/mol. The number of likely N-dealkylation sites (tertiary alicyclic amines) is 1. The highest BCUT2D eigenvalue weighted by atomic mass is 16.5. The molecule has 24 heavy (non-hydrogen) atoms. The quantitative estimate of drug-likeness (QED) is 0.870. The molecular formula is C19H23N3O2. The Hall–Kier alpha value is -2.43. The Balaban J connectivity index is 1.56. The van der Waals surface area contributed by atoms with Crippen molar-refractivity contribution in [3.8, 4) is 5.75 Å². The molecule has 1 aliphatic heterocycles. The molecule has 0 unspecified atom stereocenters. The molecule has 2 aromatic rings. The number of piperidine rings is 1. The number of benzene rings is 1. The van der Waals surface area contributed by atoms with E-state index in [0.29, 0.717) is 18.8 Å². The number of amides is 1. The summed E-state index contributed by atoms with van der Waals surface area (Å²) in [4.78, 5) is 22.6. The van der Waals surface area contributed by atoms with E-state index < -0.39 is 0 Å². The van der Waals surface area contributed by atoms with Crippen molar-refractivity contribution in [3.05, 3.63) is 53.1 Å². The molecule has 0 spiro atoms. The van der Waals surface area contributed by atoms with Gasteiger partial charge in [-0.15, -0.1) is 0 Å². The van der Waals surface area contributed by atoms with E-state index in [0.717, 1.165) is 24.3 Å². The van der Waals surface area contributed by atoms with Gasteiger partial charge in [0.15, 0.2) is 0 Å². The van der Waals surface area contributed by atoms with Gasteiger partial charge in [-0.3, -0.25) is 9.78 Å². The second kappa shape index (κ2) is 6.99. The maximum atomic E-state index is 12.4. The highest BCUT2D eigenvalue weighted by Crippen LogP contribution is 2.22. The summed E-state index contributed by atoms with van der Waals surface area (Å²) in [5.41, 5.74) is 3.72. The molecule has 1 aliphatic rings. The van der Waals surface area contributed by atoms with Gasteiger partial charge >= 0.3 is 0 Å². The first kappa shape index (κ1) is 16.4. The lowest BCUT2D eigenvalue weighted by molar-refractivity contribution is 0.0589. The first-order valence-corrected chi connectivity index (χ1v) is 8.35. The molecule has 3 rings (SSSR count). The molecule has 1 aromatic heterocycles. The zero-order valence-electron chi connectivity index (χ0n) is 14.5. The van der Waals surface area contributed by atoms with Crippen molar-refractivity contribution in [3.63, 3.8) is 0 Å². The minimum Gasteiger partial charge on any atom is -0.490 e. The largest absolute Gasteiger partial charge is 0.490 e. The van der Waals surface area contributed by atoms with E-state index in [1.54, 1.807) is 12.4 Å². The molecule has 126 valence electrons. The molecule has 1 aromatic carbocycles. The number of rotatable bonds is 3. The van der Waals surface area contributed by atoms with Gasteiger partial charge in [0.05, 0.1) is 11.9 Å². The van der Waals surface area contributed by atoms with Gasteiger partial charge in [0.1, 0.15) is 17.5 Å². The van der Waals surface area contributed by atoms with Gasteiger partial charge in [0, 0.05) is 32.1 Å². The number of hydrogen-bond acceptors (Lipinski definition) is 4. The van der Waals surface area contributed by atoms with Crippen molar-refractivity contribution >= 4 is 5.91 Å². The summed E-state index contributed by atoms with van der Waals surface area (Å²) >= 11 is 0. The van der Waals surface area contributed by atoms with Crippen LogP contribution in [0, 0.1) is 20.8 Å². The molecule has 2 heterocycles. The van der Waals surface area contributed by atoms with Gasteiger partial charge < -0.3 is 9.64 Å². The molecule has 0 radical (unpaired) electrons. The lowest BCUT2D eigenvalue weighted by Crippen LogP contribution is -2.42. The van der Waals surface area contributed by atoms with Crippen LogP contribution in [0.2, 0.25) is 0 Å². The average Bonchev–Trinajstić information content (AvgIpc) is 2.59. The number of carbonyl (C=O) groups is 1. The van der Waals surface area contributed by atoms with Crippen LogP contribution in [-0.2, 0) is 0 Å². The van der Waals surface area contributed by atoms with Crippen LogP contribution < -0.4 is 4.74 Å². The van der Waals surface area contributed by atoms with E-state index in [1.165, 1.54) is 11.1 Å². The molecule has 1 saturated heterocycles. The lowest BCUT2D eigenvalue weighted by atomic mass is 10.1. The average molecular weight is 325 g/mol. The highest BCUT2D eigenvalue weighted by molar-refractivity contribution is 5.92. The Bertz CT molecular complexity index is 720. The maximum absolute atomic E-state index is 12.4. The zero-order chi connectivity index (χ0) is 17.1. The predicted molar refractivity (Wildman–Crippen MR) is 92.2 cm³/mol. The van der Waals surface area contributed by atoms with E-state index in [2.05, 4.69) is 35.9 Å². The number of nitrogens with zero attached hydrogens (tertiary/aromatic N) is 3. The fourth-order valence-electron chi connectivity index (χ4n) is 2.82. The first-order chi connectivity index (χ1) is 11.5. The highest BCUT2D eigenvalue weighted by Gasteiger charge is 2.25. The summed E-state index contributed by atoms with van der Waals surface area (Å²) in [6.45, 7) is 7.41. The number of hydrogen-bond donors (Lipinski definition) is 0. The summed E-state index contributed by atoms with van der Waals surface area (Å²) in [7, 11) is 0. The molecule has 0 bridgehead atoms. The van der Waals surface area contributed by atoms with Crippen LogP contribution in [0.1, 0.15) is 40.2 Å². The van der Waals surface area contributed by atoms with Crippen LogP contribution in [0.5, 0.6) is 5.75 Å². The van der Waals surface area contributed by atoms with Gasteiger partial charge in [-0.1, -0.05) is 6.07 Å². The van der Waals surface area contributed by atoms with Crippen molar-refractivity contribution in [2.45, 2.75) is 39.7 Å². The Morgan fingerprint density at radius 1 is 1.08 bits per heavy atom. The molecule has 1 amide bonds. The summed E-state index contributed by atoms with van der Waals surface area (Å²) in [5, 5.41) is 0. The molecule has 5 heteroatoms. The zero-order valence-corrected chi connectivity index (χ0v) is 14.5. The van der Waals surface area contributed by atoms with Crippen LogP contribution >= 0.6 is 0 Å². The standard InChI is InChI=1S/C19H23N3O2/c1-13-4-5-17(10-14(13)2)24-16-6-8-22(9-7-16)19(23)18-12-20-15(3)11-21-18/h4-5,10-12,16H,6-9H2,1-3H3. The maximum Gasteiger partial charge on any atom is 0.274 e. The molecular weight excluding hydrogens is 302 g/mol. The van der Waals surface area contributed by atoms with Crippen molar-refractivity contribution in [1.82, 2.24) is 14.9 Å².